The summed E-state index contributed by atoms with van der Waals surface area (Å²) in [5.74, 6) is 0. The van der Waals surface area contributed by atoms with Crippen molar-refractivity contribution in [2.45, 2.75) is 11.8 Å². The third-order valence-electron chi connectivity index (χ3n) is 2.18. The lowest BCUT2D eigenvalue weighted by molar-refractivity contribution is 0.927. The van der Waals surface area contributed by atoms with Crippen LogP contribution in [0.1, 0.15) is 4.88 Å². The van der Waals surface area contributed by atoms with Crippen LogP contribution in [0.25, 0.3) is 10.2 Å². The molecule has 0 aliphatic heterocycles. The zero-order chi connectivity index (χ0) is 10.3. The molecule has 0 unspecified atom stereocenters. The molecule has 0 N–H and O–H groups in total. The Morgan fingerprint density at radius 2 is 2.21 bits per heavy atom. The molecular weight excluding hydrogens is 214 g/mol. The number of hydrogen-bond donors (Lipinski definition) is 0. The second kappa shape index (κ2) is 3.44. The highest BCUT2D eigenvalue weighted by Gasteiger charge is 2.08. The predicted molar refractivity (Wildman–Crippen MR) is 63.6 cm³/mol. The Morgan fingerprint density at radius 3 is 2.86 bits per heavy atom. The number of pyridine rings is 1. The second-order valence-corrected chi connectivity index (χ2v) is 5.31. The number of thiophene rings is 1. The molecule has 2 heterocycles. The smallest absolute Gasteiger partial charge is 0.212 e. The minimum absolute atomic E-state index is 0.170. The molecular formula is C10H11NOS2. The molecule has 0 amide bonds. The monoisotopic (exact) mass is 225 g/mol. The van der Waals surface area contributed by atoms with Gasteiger partial charge in [-0.15, -0.1) is 23.1 Å². The van der Waals surface area contributed by atoms with Gasteiger partial charge in [-0.05, 0) is 19.2 Å². The molecule has 0 atom stereocenters. The fourth-order valence-electron chi connectivity index (χ4n) is 1.49. The Labute approximate surface area is 90.6 Å². The third kappa shape index (κ3) is 1.38. The van der Waals surface area contributed by atoms with Gasteiger partial charge in [0.05, 0.1) is 15.1 Å². The molecule has 0 saturated carbocycles. The zero-order valence-corrected chi connectivity index (χ0v) is 9.96. The van der Waals surface area contributed by atoms with Gasteiger partial charge in [0.2, 0.25) is 5.43 Å². The van der Waals surface area contributed by atoms with Crippen molar-refractivity contribution in [1.82, 2.24) is 4.57 Å². The lowest BCUT2D eigenvalue weighted by atomic mass is 10.3. The first-order valence-electron chi connectivity index (χ1n) is 4.27. The Hall–Kier alpha value is -0.740. The lowest BCUT2D eigenvalue weighted by Gasteiger charge is -2.02. The van der Waals surface area contributed by atoms with Crippen LogP contribution in [0.3, 0.4) is 0 Å². The van der Waals surface area contributed by atoms with Gasteiger partial charge in [0.25, 0.3) is 0 Å². The van der Waals surface area contributed by atoms with Crippen molar-refractivity contribution < 1.29 is 0 Å². The van der Waals surface area contributed by atoms with E-state index in [9.17, 15) is 4.79 Å². The Bertz CT molecular complexity index is 539. The first kappa shape index (κ1) is 9.80. The largest absolute Gasteiger partial charge is 0.348 e. The highest BCUT2D eigenvalue weighted by atomic mass is 32.2. The van der Waals surface area contributed by atoms with Gasteiger partial charge in [-0.2, -0.15) is 0 Å². The fraction of sp³-hybridized carbons (Fsp3) is 0.300. The molecule has 74 valence electrons. The number of aryl methyl sites for hydroxylation is 2. The van der Waals surface area contributed by atoms with Gasteiger partial charge >= 0.3 is 0 Å². The SMILES string of the molecule is CSc1cn(C)c2cc(C)sc2c1=O. The maximum Gasteiger partial charge on any atom is 0.212 e. The number of hydrogen-bond acceptors (Lipinski definition) is 3. The normalized spacial score (nSPS) is 11.1. The predicted octanol–water partition coefficient (Wildman–Crippen LogP) is 2.63. The van der Waals surface area contributed by atoms with E-state index in [1.54, 1.807) is 11.3 Å². The van der Waals surface area contributed by atoms with Gasteiger partial charge in [-0.1, -0.05) is 0 Å². The van der Waals surface area contributed by atoms with Crippen molar-refractivity contribution >= 4 is 33.3 Å². The molecule has 0 saturated heterocycles. The van der Waals surface area contributed by atoms with E-state index >= 15 is 0 Å². The van der Waals surface area contributed by atoms with Crippen LogP contribution in [0.2, 0.25) is 0 Å². The summed E-state index contributed by atoms with van der Waals surface area (Å²) < 4.78 is 2.89. The van der Waals surface area contributed by atoms with Crippen molar-refractivity contribution in [1.29, 1.82) is 0 Å². The van der Waals surface area contributed by atoms with Crippen LogP contribution >= 0.6 is 23.1 Å². The van der Waals surface area contributed by atoms with E-state index in [2.05, 4.69) is 6.07 Å². The first-order chi connectivity index (χ1) is 6.63. The van der Waals surface area contributed by atoms with Crippen LogP contribution in [0.5, 0.6) is 0 Å². The molecule has 14 heavy (non-hydrogen) atoms. The van der Waals surface area contributed by atoms with Crippen LogP contribution < -0.4 is 5.43 Å². The van der Waals surface area contributed by atoms with E-state index in [4.69, 9.17) is 0 Å². The van der Waals surface area contributed by atoms with Gasteiger partial charge in [-0.3, -0.25) is 4.79 Å². The van der Waals surface area contributed by atoms with E-state index in [0.29, 0.717) is 0 Å². The highest BCUT2D eigenvalue weighted by molar-refractivity contribution is 7.98. The summed E-state index contributed by atoms with van der Waals surface area (Å²) in [4.78, 5) is 13.9. The molecule has 0 spiro atoms. The number of nitrogens with zero attached hydrogens (tertiary/aromatic N) is 1. The van der Waals surface area contributed by atoms with E-state index in [0.717, 1.165) is 15.1 Å². The molecule has 0 radical (unpaired) electrons. The van der Waals surface area contributed by atoms with E-state index in [1.165, 1.54) is 16.6 Å². The van der Waals surface area contributed by atoms with Gasteiger partial charge in [0.1, 0.15) is 0 Å². The van der Waals surface area contributed by atoms with Crippen molar-refractivity contribution in [3.05, 3.63) is 27.4 Å². The number of rotatable bonds is 1. The quantitative estimate of drug-likeness (QED) is 0.696. The average molecular weight is 225 g/mol. The van der Waals surface area contributed by atoms with Crippen LogP contribution in [0, 0.1) is 6.92 Å². The van der Waals surface area contributed by atoms with Crippen molar-refractivity contribution in [3.63, 3.8) is 0 Å². The molecule has 2 rings (SSSR count). The summed E-state index contributed by atoms with van der Waals surface area (Å²) in [6, 6.07) is 2.06. The van der Waals surface area contributed by atoms with Crippen LogP contribution in [0.15, 0.2) is 22.0 Å². The van der Waals surface area contributed by atoms with Gasteiger partial charge < -0.3 is 4.57 Å². The van der Waals surface area contributed by atoms with Crippen LogP contribution in [-0.4, -0.2) is 10.8 Å². The molecule has 0 bridgehead atoms. The van der Waals surface area contributed by atoms with Gasteiger partial charge in [0, 0.05) is 18.1 Å². The topological polar surface area (TPSA) is 22.0 Å². The van der Waals surface area contributed by atoms with Crippen molar-refractivity contribution in [3.8, 4) is 0 Å². The standard InChI is InChI=1S/C10H11NOS2/c1-6-4-7-10(14-6)9(12)8(13-3)5-11(7)2/h4-5H,1-3H3. The summed E-state index contributed by atoms with van der Waals surface area (Å²) in [6.07, 6.45) is 3.84. The Balaban J connectivity index is 2.94. The summed E-state index contributed by atoms with van der Waals surface area (Å²) in [5.41, 5.74) is 1.21. The van der Waals surface area contributed by atoms with E-state index < -0.39 is 0 Å². The maximum atomic E-state index is 11.9. The summed E-state index contributed by atoms with van der Waals surface area (Å²) in [7, 11) is 1.98. The molecule has 0 fully saturated rings. The molecule has 0 aliphatic carbocycles. The number of aromatic nitrogens is 1. The highest BCUT2D eigenvalue weighted by Crippen LogP contribution is 2.23. The summed E-state index contributed by atoms with van der Waals surface area (Å²) >= 11 is 3.08. The minimum Gasteiger partial charge on any atom is -0.348 e. The molecule has 0 aromatic carbocycles. The first-order valence-corrected chi connectivity index (χ1v) is 6.31. The maximum absolute atomic E-state index is 11.9. The fourth-order valence-corrected chi connectivity index (χ4v) is 3.11. The molecule has 0 aliphatic rings. The van der Waals surface area contributed by atoms with Crippen LogP contribution in [-0.2, 0) is 7.05 Å². The van der Waals surface area contributed by atoms with Crippen molar-refractivity contribution in [2.24, 2.45) is 7.05 Å². The zero-order valence-electron chi connectivity index (χ0n) is 8.33. The second-order valence-electron chi connectivity index (χ2n) is 3.21. The number of thioether (sulfide) groups is 1. The van der Waals surface area contributed by atoms with E-state index in [1.807, 2.05) is 31.0 Å². The molecule has 2 aromatic rings. The Morgan fingerprint density at radius 1 is 1.50 bits per heavy atom. The molecule has 2 aromatic heterocycles. The van der Waals surface area contributed by atoms with Crippen LogP contribution in [0.4, 0.5) is 0 Å². The van der Waals surface area contributed by atoms with Gasteiger partial charge in [-0.25, -0.2) is 0 Å². The lowest BCUT2D eigenvalue weighted by Crippen LogP contribution is -2.06. The van der Waals surface area contributed by atoms with E-state index in [-0.39, 0.29) is 5.43 Å². The summed E-state index contributed by atoms with van der Waals surface area (Å²) in [6.45, 7) is 2.03. The third-order valence-corrected chi connectivity index (χ3v) is 3.95. The number of fused-ring (bicyclic) bond motifs is 1. The molecule has 2 nitrogen and oxygen atoms in total. The molecule has 4 heteroatoms. The van der Waals surface area contributed by atoms with Crippen molar-refractivity contribution in [2.75, 3.05) is 6.26 Å². The average Bonchev–Trinajstić information content (AvgIpc) is 2.54. The minimum atomic E-state index is 0.170. The Kier molecular flexibility index (Phi) is 2.41. The summed E-state index contributed by atoms with van der Waals surface area (Å²) in [5, 5.41) is 0. The van der Waals surface area contributed by atoms with Gasteiger partial charge in [0.15, 0.2) is 0 Å².